The minimum Gasteiger partial charge on any atom is -0.490 e. The van der Waals surface area contributed by atoms with E-state index in [4.69, 9.17) is 21.1 Å². The summed E-state index contributed by atoms with van der Waals surface area (Å²) in [5.41, 5.74) is 5.72. The summed E-state index contributed by atoms with van der Waals surface area (Å²) >= 11 is 9.31. The molecular weight excluding hydrogens is 504 g/mol. The molecular formula is C26H24BrClN2O3. The summed E-state index contributed by atoms with van der Waals surface area (Å²) in [7, 11) is 0. The maximum atomic E-state index is 12.3. The smallest absolute Gasteiger partial charge is 0.271 e. The fraction of sp³-hybridized carbons (Fsp3) is 0.154. The zero-order valence-electron chi connectivity index (χ0n) is 18.2. The number of halogens is 2. The highest BCUT2D eigenvalue weighted by molar-refractivity contribution is 9.10. The molecule has 7 heteroatoms. The van der Waals surface area contributed by atoms with Gasteiger partial charge in [0.1, 0.15) is 6.61 Å². The second-order valence-corrected chi connectivity index (χ2v) is 8.41. The molecule has 1 amide bonds. The maximum absolute atomic E-state index is 12.3. The molecule has 33 heavy (non-hydrogen) atoms. The number of ether oxygens (including phenoxy) is 2. The van der Waals surface area contributed by atoms with E-state index in [1.165, 1.54) is 0 Å². The van der Waals surface area contributed by atoms with Crippen molar-refractivity contribution in [1.82, 2.24) is 5.43 Å². The number of carbonyl (C=O) groups excluding carboxylic acids is 1. The molecule has 0 saturated carbocycles. The molecule has 3 aromatic rings. The first-order chi connectivity index (χ1) is 16.0. The zero-order chi connectivity index (χ0) is 23.6. The van der Waals surface area contributed by atoms with Crippen LogP contribution < -0.4 is 14.9 Å². The molecule has 0 aliphatic carbocycles. The lowest BCUT2D eigenvalue weighted by Crippen LogP contribution is -2.17. The van der Waals surface area contributed by atoms with Gasteiger partial charge < -0.3 is 9.47 Å². The number of nitrogens with zero attached hydrogens (tertiary/aromatic N) is 1. The van der Waals surface area contributed by atoms with Crippen molar-refractivity contribution < 1.29 is 14.3 Å². The molecule has 0 bridgehead atoms. The van der Waals surface area contributed by atoms with Crippen LogP contribution in [0.25, 0.3) is 0 Å². The molecule has 170 valence electrons. The summed E-state index contributed by atoms with van der Waals surface area (Å²) < 4.78 is 13.0. The Morgan fingerprint density at radius 1 is 1.12 bits per heavy atom. The average molecular weight is 528 g/mol. The van der Waals surface area contributed by atoms with Gasteiger partial charge in [-0.2, -0.15) is 5.10 Å². The number of hydrazone groups is 1. The summed E-state index contributed by atoms with van der Waals surface area (Å²) in [6.45, 7) is 6.66. The lowest BCUT2D eigenvalue weighted by atomic mass is 10.1. The highest BCUT2D eigenvalue weighted by Gasteiger charge is 2.13. The first-order valence-electron chi connectivity index (χ1n) is 10.4. The number of rotatable bonds is 10. The van der Waals surface area contributed by atoms with Crippen molar-refractivity contribution in [2.45, 2.75) is 20.0 Å². The van der Waals surface area contributed by atoms with Crippen molar-refractivity contribution in [2.75, 3.05) is 6.61 Å². The topological polar surface area (TPSA) is 59.9 Å². The number of nitrogens with one attached hydrogen (secondary N) is 1. The van der Waals surface area contributed by atoms with Gasteiger partial charge in [-0.1, -0.05) is 45.7 Å². The van der Waals surface area contributed by atoms with E-state index in [1.54, 1.807) is 36.6 Å². The van der Waals surface area contributed by atoms with Crippen molar-refractivity contribution in [1.29, 1.82) is 0 Å². The quantitative estimate of drug-likeness (QED) is 0.184. The largest absolute Gasteiger partial charge is 0.490 e. The second kappa shape index (κ2) is 12.2. The highest BCUT2D eigenvalue weighted by atomic mass is 79.9. The van der Waals surface area contributed by atoms with Crippen LogP contribution in [0.3, 0.4) is 0 Å². The Labute approximate surface area is 207 Å². The molecule has 0 spiro atoms. The predicted octanol–water partition coefficient (Wildman–Crippen LogP) is 6.57. The Kier molecular flexibility index (Phi) is 9.10. The van der Waals surface area contributed by atoms with Gasteiger partial charge in [-0.15, -0.1) is 6.58 Å². The van der Waals surface area contributed by atoms with Crippen molar-refractivity contribution in [3.05, 3.63) is 105 Å². The number of hydrogen-bond donors (Lipinski definition) is 1. The molecule has 0 heterocycles. The lowest BCUT2D eigenvalue weighted by Gasteiger charge is -2.17. The molecule has 0 fully saturated rings. The van der Waals surface area contributed by atoms with Gasteiger partial charge in [-0.3, -0.25) is 4.79 Å². The van der Waals surface area contributed by atoms with Crippen LogP contribution in [-0.2, 0) is 13.0 Å². The van der Waals surface area contributed by atoms with Gasteiger partial charge in [0, 0.05) is 20.6 Å². The van der Waals surface area contributed by atoms with Gasteiger partial charge in [-0.05, 0) is 73.0 Å². The number of allylic oxidation sites excluding steroid dienone is 1. The highest BCUT2D eigenvalue weighted by Crippen LogP contribution is 2.34. The molecule has 0 aliphatic heterocycles. The third-order valence-electron chi connectivity index (χ3n) is 4.60. The molecule has 1 N–H and O–H groups in total. The van der Waals surface area contributed by atoms with E-state index in [9.17, 15) is 4.79 Å². The van der Waals surface area contributed by atoms with Gasteiger partial charge in [0.05, 0.1) is 12.8 Å². The minimum absolute atomic E-state index is 0.325. The minimum atomic E-state index is -0.325. The Morgan fingerprint density at radius 2 is 1.85 bits per heavy atom. The first-order valence-corrected chi connectivity index (χ1v) is 11.5. The summed E-state index contributed by atoms with van der Waals surface area (Å²) in [5.74, 6) is 0.954. The van der Waals surface area contributed by atoms with Crippen molar-refractivity contribution in [3.8, 4) is 11.5 Å². The maximum Gasteiger partial charge on any atom is 0.271 e. The fourth-order valence-electron chi connectivity index (χ4n) is 3.06. The van der Waals surface area contributed by atoms with Gasteiger partial charge in [0.25, 0.3) is 5.91 Å². The average Bonchev–Trinajstić information content (AvgIpc) is 2.80. The van der Waals surface area contributed by atoms with E-state index in [-0.39, 0.29) is 5.91 Å². The molecule has 0 aliphatic rings. The second-order valence-electron chi connectivity index (χ2n) is 7.05. The van der Waals surface area contributed by atoms with Crippen molar-refractivity contribution >= 4 is 39.7 Å². The van der Waals surface area contributed by atoms with Gasteiger partial charge in [-0.25, -0.2) is 5.43 Å². The molecule has 3 aromatic carbocycles. The molecule has 0 atom stereocenters. The van der Waals surface area contributed by atoms with Gasteiger partial charge in [0.15, 0.2) is 11.5 Å². The van der Waals surface area contributed by atoms with Crippen LogP contribution in [-0.4, -0.2) is 18.7 Å². The molecule has 0 aromatic heterocycles. The van der Waals surface area contributed by atoms with Crippen molar-refractivity contribution in [3.63, 3.8) is 0 Å². The predicted molar refractivity (Wildman–Crippen MR) is 136 cm³/mol. The van der Waals surface area contributed by atoms with Crippen LogP contribution in [0, 0.1) is 0 Å². The Morgan fingerprint density at radius 3 is 2.52 bits per heavy atom. The normalized spacial score (nSPS) is 10.8. The van der Waals surface area contributed by atoms with Crippen LogP contribution in [0.2, 0.25) is 5.02 Å². The third kappa shape index (κ3) is 7.20. The summed E-state index contributed by atoms with van der Waals surface area (Å²) in [6, 6.07) is 18.3. The van der Waals surface area contributed by atoms with E-state index in [1.807, 2.05) is 43.3 Å². The van der Waals surface area contributed by atoms with Crippen LogP contribution in [0.5, 0.6) is 11.5 Å². The summed E-state index contributed by atoms with van der Waals surface area (Å²) in [6.07, 6.45) is 3.97. The van der Waals surface area contributed by atoms with Crippen LogP contribution >= 0.6 is 27.5 Å². The SMILES string of the molecule is C=CCc1cc(/C=N\NC(=O)c2ccc(Cl)cc2)cc(OCC)c1OCc1ccc(Br)cc1. The monoisotopic (exact) mass is 526 g/mol. The molecule has 5 nitrogen and oxygen atoms in total. The van der Waals surface area contributed by atoms with E-state index in [0.29, 0.717) is 41.7 Å². The Bertz CT molecular complexity index is 1130. The lowest BCUT2D eigenvalue weighted by molar-refractivity contribution is 0.0955. The molecule has 0 unspecified atom stereocenters. The van der Waals surface area contributed by atoms with Crippen molar-refractivity contribution in [2.24, 2.45) is 5.10 Å². The van der Waals surface area contributed by atoms with E-state index >= 15 is 0 Å². The number of hydrogen-bond acceptors (Lipinski definition) is 4. The number of benzene rings is 3. The number of amides is 1. The van der Waals surface area contributed by atoms with Crippen LogP contribution in [0.1, 0.15) is 34.0 Å². The molecule has 3 rings (SSSR count). The summed E-state index contributed by atoms with van der Waals surface area (Å²) in [4.78, 5) is 12.3. The first kappa shape index (κ1) is 24.6. The fourth-order valence-corrected chi connectivity index (χ4v) is 3.45. The molecule has 0 saturated heterocycles. The van der Waals surface area contributed by atoms with Crippen LogP contribution in [0.4, 0.5) is 0 Å². The van der Waals surface area contributed by atoms with Crippen LogP contribution in [0.15, 0.2) is 82.9 Å². The van der Waals surface area contributed by atoms with E-state index < -0.39 is 0 Å². The van der Waals surface area contributed by atoms with Gasteiger partial charge in [0.2, 0.25) is 0 Å². The Hall–Kier alpha value is -3.09. The van der Waals surface area contributed by atoms with Gasteiger partial charge >= 0.3 is 0 Å². The summed E-state index contributed by atoms with van der Waals surface area (Å²) in [5, 5.41) is 4.66. The number of carbonyl (C=O) groups is 1. The Balaban J connectivity index is 1.79. The third-order valence-corrected chi connectivity index (χ3v) is 5.38. The molecule has 0 radical (unpaired) electrons. The van der Waals surface area contributed by atoms with E-state index in [0.717, 1.165) is 21.2 Å². The standard InChI is InChI=1S/C26H24BrClN2O3/c1-3-5-21-14-19(16-29-30-26(31)20-8-12-23(28)13-9-20)15-24(32-4-2)25(21)33-17-18-6-10-22(27)11-7-18/h3,6-16H,1,4-5,17H2,2H3,(H,30,31)/b29-16-. The zero-order valence-corrected chi connectivity index (χ0v) is 20.5. The van der Waals surface area contributed by atoms with E-state index in [2.05, 4.69) is 33.0 Å².